The molecule has 3 rings (SSSR count). The van der Waals surface area contributed by atoms with Gasteiger partial charge in [-0.25, -0.2) is 0 Å². The highest BCUT2D eigenvalue weighted by molar-refractivity contribution is 9.10. The van der Waals surface area contributed by atoms with Crippen molar-refractivity contribution in [3.8, 4) is 11.5 Å². The molecule has 1 aliphatic rings. The Balaban J connectivity index is 1.53. The third-order valence-electron chi connectivity index (χ3n) is 3.18. The van der Waals surface area contributed by atoms with E-state index in [1.807, 2.05) is 36.1 Å². The molecule has 1 aliphatic heterocycles. The highest BCUT2D eigenvalue weighted by Gasteiger charge is 2.15. The van der Waals surface area contributed by atoms with Gasteiger partial charge in [-0.05, 0) is 23.8 Å². The van der Waals surface area contributed by atoms with E-state index >= 15 is 0 Å². The molecular weight excluding hydrogens is 322 g/mol. The average Bonchev–Trinajstić information content (AvgIpc) is 3.03. The molecule has 1 aromatic heterocycles. The van der Waals surface area contributed by atoms with Crippen LogP contribution < -0.4 is 14.8 Å². The number of aryl methyl sites for hydroxylation is 1. The van der Waals surface area contributed by atoms with E-state index in [0.717, 1.165) is 46.7 Å². The lowest BCUT2D eigenvalue weighted by molar-refractivity contribution is 0.174. The topological polar surface area (TPSA) is 48.3 Å². The van der Waals surface area contributed by atoms with E-state index < -0.39 is 0 Å². The second-order valence-corrected chi connectivity index (χ2v) is 5.56. The number of nitrogens with zero attached hydrogens (tertiary/aromatic N) is 2. The molecule has 20 heavy (non-hydrogen) atoms. The van der Waals surface area contributed by atoms with Crippen LogP contribution in [0.25, 0.3) is 0 Å². The van der Waals surface area contributed by atoms with Gasteiger partial charge in [0.15, 0.2) is 11.5 Å². The van der Waals surface area contributed by atoms with Gasteiger partial charge >= 0.3 is 0 Å². The summed E-state index contributed by atoms with van der Waals surface area (Å²) in [6.45, 7) is 1.97. The highest BCUT2D eigenvalue weighted by atomic mass is 79.9. The van der Waals surface area contributed by atoms with Crippen molar-refractivity contribution in [2.75, 3.05) is 13.3 Å². The first kappa shape index (κ1) is 13.5. The summed E-state index contributed by atoms with van der Waals surface area (Å²) in [4.78, 5) is 0. The van der Waals surface area contributed by atoms with E-state index in [-0.39, 0.29) is 0 Å². The fraction of sp³-hybridized carbons (Fsp3) is 0.357. The number of benzene rings is 1. The second kappa shape index (κ2) is 5.85. The van der Waals surface area contributed by atoms with Gasteiger partial charge in [-0.1, -0.05) is 15.9 Å². The minimum Gasteiger partial charge on any atom is -0.454 e. The van der Waals surface area contributed by atoms with Gasteiger partial charge in [-0.2, -0.15) is 5.10 Å². The first-order chi connectivity index (χ1) is 9.72. The van der Waals surface area contributed by atoms with Gasteiger partial charge in [0.05, 0.1) is 5.69 Å². The van der Waals surface area contributed by atoms with Gasteiger partial charge in [0.1, 0.15) is 0 Å². The van der Waals surface area contributed by atoms with Crippen LogP contribution in [-0.2, 0) is 20.0 Å². The SMILES string of the molecule is Cn1ccc(CCNCc2cc3c(cc2Br)OCO3)n1. The van der Waals surface area contributed by atoms with Crippen LogP contribution in [0.1, 0.15) is 11.3 Å². The fourth-order valence-electron chi connectivity index (χ4n) is 2.13. The molecular formula is C14H16BrN3O2. The van der Waals surface area contributed by atoms with Crippen LogP contribution in [0.3, 0.4) is 0 Å². The molecule has 0 fully saturated rings. The lowest BCUT2D eigenvalue weighted by Gasteiger charge is -2.07. The Morgan fingerprint density at radius 2 is 2.15 bits per heavy atom. The van der Waals surface area contributed by atoms with Gasteiger partial charge in [-0.15, -0.1) is 0 Å². The zero-order valence-electron chi connectivity index (χ0n) is 11.2. The van der Waals surface area contributed by atoms with E-state index in [1.165, 1.54) is 0 Å². The highest BCUT2D eigenvalue weighted by Crippen LogP contribution is 2.36. The number of rotatable bonds is 5. The normalized spacial score (nSPS) is 12.9. The second-order valence-electron chi connectivity index (χ2n) is 4.70. The number of ether oxygens (including phenoxy) is 2. The number of hydrogen-bond donors (Lipinski definition) is 1. The molecule has 0 aliphatic carbocycles. The molecule has 0 spiro atoms. The van der Waals surface area contributed by atoms with E-state index in [2.05, 4.69) is 26.3 Å². The number of halogens is 1. The first-order valence-electron chi connectivity index (χ1n) is 6.49. The van der Waals surface area contributed by atoms with Crippen molar-refractivity contribution in [2.45, 2.75) is 13.0 Å². The van der Waals surface area contributed by atoms with Crippen LogP contribution in [0.15, 0.2) is 28.9 Å². The van der Waals surface area contributed by atoms with E-state index in [1.54, 1.807) is 0 Å². The van der Waals surface area contributed by atoms with Crippen LogP contribution >= 0.6 is 15.9 Å². The predicted octanol–water partition coefficient (Wildman–Crippen LogP) is 2.24. The van der Waals surface area contributed by atoms with Crippen molar-refractivity contribution in [2.24, 2.45) is 7.05 Å². The molecule has 2 heterocycles. The lowest BCUT2D eigenvalue weighted by Crippen LogP contribution is -2.17. The van der Waals surface area contributed by atoms with Crippen LogP contribution in [0.5, 0.6) is 11.5 Å². The van der Waals surface area contributed by atoms with Gasteiger partial charge in [0.2, 0.25) is 6.79 Å². The summed E-state index contributed by atoms with van der Waals surface area (Å²) in [6.07, 6.45) is 2.88. The number of aromatic nitrogens is 2. The maximum absolute atomic E-state index is 5.39. The number of hydrogen-bond acceptors (Lipinski definition) is 4. The molecule has 0 radical (unpaired) electrons. The third-order valence-corrected chi connectivity index (χ3v) is 3.92. The summed E-state index contributed by atoms with van der Waals surface area (Å²) in [5, 5.41) is 7.77. The van der Waals surface area contributed by atoms with Crippen molar-refractivity contribution in [3.05, 3.63) is 40.1 Å². The van der Waals surface area contributed by atoms with Crippen molar-refractivity contribution in [3.63, 3.8) is 0 Å². The molecule has 0 bridgehead atoms. The van der Waals surface area contributed by atoms with Crippen LogP contribution in [-0.4, -0.2) is 23.1 Å². The predicted molar refractivity (Wildman–Crippen MR) is 78.9 cm³/mol. The maximum Gasteiger partial charge on any atom is 0.231 e. The minimum atomic E-state index is 0.304. The Morgan fingerprint density at radius 1 is 1.35 bits per heavy atom. The summed E-state index contributed by atoms with van der Waals surface area (Å²) in [7, 11) is 1.93. The molecule has 0 amide bonds. The van der Waals surface area contributed by atoms with Gasteiger partial charge in [0, 0.05) is 37.2 Å². The van der Waals surface area contributed by atoms with E-state index in [4.69, 9.17) is 9.47 Å². The molecule has 1 aromatic carbocycles. The summed E-state index contributed by atoms with van der Waals surface area (Å²) in [5.74, 6) is 1.61. The fourth-order valence-corrected chi connectivity index (χ4v) is 2.59. The summed E-state index contributed by atoms with van der Waals surface area (Å²) in [5.41, 5.74) is 2.26. The van der Waals surface area contributed by atoms with Crippen molar-refractivity contribution in [1.82, 2.24) is 15.1 Å². The number of nitrogens with one attached hydrogen (secondary N) is 1. The lowest BCUT2D eigenvalue weighted by atomic mass is 10.2. The Bertz CT molecular complexity index is 612. The summed E-state index contributed by atoms with van der Waals surface area (Å²) < 4.78 is 13.6. The molecule has 106 valence electrons. The van der Waals surface area contributed by atoms with Crippen molar-refractivity contribution in [1.29, 1.82) is 0 Å². The molecule has 5 nitrogen and oxygen atoms in total. The summed E-state index contributed by atoms with van der Waals surface area (Å²) in [6, 6.07) is 6.01. The Hall–Kier alpha value is -1.53. The molecule has 0 saturated carbocycles. The molecule has 0 saturated heterocycles. The molecule has 0 unspecified atom stereocenters. The zero-order chi connectivity index (χ0) is 13.9. The Morgan fingerprint density at radius 3 is 2.90 bits per heavy atom. The van der Waals surface area contributed by atoms with E-state index in [0.29, 0.717) is 6.79 Å². The molecule has 1 N–H and O–H groups in total. The smallest absolute Gasteiger partial charge is 0.231 e. The first-order valence-corrected chi connectivity index (χ1v) is 7.29. The average molecular weight is 338 g/mol. The van der Waals surface area contributed by atoms with Gasteiger partial charge in [0.25, 0.3) is 0 Å². The van der Waals surface area contributed by atoms with Gasteiger partial charge in [-0.3, -0.25) is 4.68 Å². The van der Waals surface area contributed by atoms with Crippen LogP contribution in [0.2, 0.25) is 0 Å². The van der Waals surface area contributed by atoms with Crippen LogP contribution in [0, 0.1) is 0 Å². The molecule has 0 atom stereocenters. The standard InChI is InChI=1S/C14H16BrN3O2/c1-18-5-3-11(17-18)2-4-16-8-10-6-13-14(7-12(10)15)20-9-19-13/h3,5-7,16H,2,4,8-9H2,1H3. The monoisotopic (exact) mass is 337 g/mol. The Kier molecular flexibility index (Phi) is 3.93. The van der Waals surface area contributed by atoms with Crippen LogP contribution in [0.4, 0.5) is 0 Å². The summed E-state index contributed by atoms with van der Waals surface area (Å²) >= 11 is 3.56. The maximum atomic E-state index is 5.39. The van der Waals surface area contributed by atoms with E-state index in [9.17, 15) is 0 Å². The number of fused-ring (bicyclic) bond motifs is 1. The van der Waals surface area contributed by atoms with Crippen molar-refractivity contribution < 1.29 is 9.47 Å². The minimum absolute atomic E-state index is 0.304. The third kappa shape index (κ3) is 2.96. The quantitative estimate of drug-likeness (QED) is 0.850. The largest absolute Gasteiger partial charge is 0.454 e. The molecule has 2 aromatic rings. The molecule has 6 heteroatoms. The zero-order valence-corrected chi connectivity index (χ0v) is 12.8. The Labute approximate surface area is 126 Å². The van der Waals surface area contributed by atoms with Crippen molar-refractivity contribution >= 4 is 15.9 Å². The van der Waals surface area contributed by atoms with Gasteiger partial charge < -0.3 is 14.8 Å².